The van der Waals surface area contributed by atoms with E-state index in [2.05, 4.69) is 5.32 Å². The molecule has 1 fully saturated rings. The predicted molar refractivity (Wildman–Crippen MR) is 122 cm³/mol. The summed E-state index contributed by atoms with van der Waals surface area (Å²) in [5.41, 5.74) is 2.21. The quantitative estimate of drug-likeness (QED) is 0.620. The predicted octanol–water partition coefficient (Wildman–Crippen LogP) is 1.23. The first kappa shape index (κ1) is 24.2. The van der Waals surface area contributed by atoms with Crippen molar-refractivity contribution < 1.29 is 29.0 Å². The van der Waals surface area contributed by atoms with Crippen LogP contribution < -0.4 is 10.1 Å². The molecule has 33 heavy (non-hydrogen) atoms. The molecule has 0 bridgehead atoms. The molecule has 1 aliphatic rings. The van der Waals surface area contributed by atoms with Gasteiger partial charge in [0.05, 0.1) is 26.2 Å². The van der Waals surface area contributed by atoms with Crippen molar-refractivity contribution in [1.82, 2.24) is 9.80 Å². The first-order chi connectivity index (χ1) is 15.8. The third kappa shape index (κ3) is 6.09. The number of aliphatic hydroxyl groups is 1. The normalized spacial score (nSPS) is 18.1. The van der Waals surface area contributed by atoms with E-state index in [0.29, 0.717) is 5.69 Å². The molecule has 0 spiro atoms. The number of rotatable bonds is 8. The fourth-order valence-corrected chi connectivity index (χ4v) is 3.60. The van der Waals surface area contributed by atoms with Gasteiger partial charge in [0.2, 0.25) is 17.7 Å². The number of carbonyl (C=O) groups excluding carboxylic acids is 3. The number of hydrogen-bond acceptors (Lipinski definition) is 6. The van der Waals surface area contributed by atoms with Crippen LogP contribution in [0.4, 0.5) is 5.69 Å². The maximum Gasteiger partial charge on any atom is 0.249 e. The van der Waals surface area contributed by atoms with Crippen LogP contribution in [-0.2, 0) is 25.5 Å². The fraction of sp³-hybridized carbons (Fsp3) is 0.375. The molecule has 1 saturated heterocycles. The van der Waals surface area contributed by atoms with Gasteiger partial charge in [0.25, 0.3) is 0 Å². The number of nitrogens with one attached hydrogen (secondary N) is 1. The summed E-state index contributed by atoms with van der Waals surface area (Å²) >= 11 is 0. The van der Waals surface area contributed by atoms with Crippen molar-refractivity contribution in [3.8, 4) is 5.75 Å². The van der Waals surface area contributed by atoms with E-state index in [0.717, 1.165) is 16.9 Å². The van der Waals surface area contributed by atoms with Gasteiger partial charge in [0.1, 0.15) is 25.0 Å². The molecule has 2 aromatic rings. The van der Waals surface area contributed by atoms with E-state index in [1.54, 1.807) is 57.6 Å². The molecule has 2 atom stereocenters. The molecule has 9 heteroatoms. The maximum absolute atomic E-state index is 12.4. The number of hydrogen-bond donors (Lipinski definition) is 2. The number of aliphatic hydroxyl groups excluding tert-OH is 1. The second kappa shape index (κ2) is 10.9. The minimum atomic E-state index is -0.689. The summed E-state index contributed by atoms with van der Waals surface area (Å²) in [6, 6.07) is 13.6. The van der Waals surface area contributed by atoms with E-state index in [9.17, 15) is 19.5 Å². The number of methoxy groups -OCH3 is 1. The SMILES string of the molecule is COc1ccc(CC(=O)Nc2ccc(C3OCC(=O)N(CC(=O)N(C)C)C3CO)cc2)cc1. The highest BCUT2D eigenvalue weighted by molar-refractivity contribution is 5.92. The summed E-state index contributed by atoms with van der Waals surface area (Å²) in [5, 5.41) is 12.8. The van der Waals surface area contributed by atoms with E-state index in [1.807, 2.05) is 12.1 Å². The minimum Gasteiger partial charge on any atom is -0.497 e. The van der Waals surface area contributed by atoms with Crippen molar-refractivity contribution in [3.05, 3.63) is 59.7 Å². The average molecular weight is 456 g/mol. The first-order valence-corrected chi connectivity index (χ1v) is 10.6. The van der Waals surface area contributed by atoms with Gasteiger partial charge in [-0.05, 0) is 35.4 Å². The smallest absolute Gasteiger partial charge is 0.249 e. The Hall–Kier alpha value is -3.43. The zero-order valence-electron chi connectivity index (χ0n) is 19.0. The Morgan fingerprint density at radius 3 is 2.39 bits per heavy atom. The largest absolute Gasteiger partial charge is 0.497 e. The summed E-state index contributed by atoms with van der Waals surface area (Å²) in [4.78, 5) is 39.6. The van der Waals surface area contributed by atoms with E-state index >= 15 is 0 Å². The van der Waals surface area contributed by atoms with Crippen LogP contribution in [-0.4, -0.2) is 79.6 Å². The molecule has 0 radical (unpaired) electrons. The van der Waals surface area contributed by atoms with Crippen LogP contribution in [0.2, 0.25) is 0 Å². The molecule has 1 aliphatic heterocycles. The molecule has 9 nitrogen and oxygen atoms in total. The maximum atomic E-state index is 12.4. The van der Waals surface area contributed by atoms with E-state index in [4.69, 9.17) is 9.47 Å². The molecule has 176 valence electrons. The second-order valence-corrected chi connectivity index (χ2v) is 7.99. The zero-order chi connectivity index (χ0) is 24.0. The molecule has 2 N–H and O–H groups in total. The summed E-state index contributed by atoms with van der Waals surface area (Å²) in [6.45, 7) is -0.657. The van der Waals surface area contributed by atoms with Crippen molar-refractivity contribution in [2.24, 2.45) is 0 Å². The topological polar surface area (TPSA) is 108 Å². The molecular formula is C24H29N3O6. The highest BCUT2D eigenvalue weighted by atomic mass is 16.5. The van der Waals surface area contributed by atoms with Crippen molar-refractivity contribution in [3.63, 3.8) is 0 Å². The van der Waals surface area contributed by atoms with Crippen LogP contribution >= 0.6 is 0 Å². The lowest BCUT2D eigenvalue weighted by molar-refractivity contribution is -0.164. The van der Waals surface area contributed by atoms with Crippen LogP contribution in [0.25, 0.3) is 0 Å². The Labute approximate surface area is 192 Å². The third-order valence-corrected chi connectivity index (χ3v) is 5.49. The fourth-order valence-electron chi connectivity index (χ4n) is 3.60. The molecule has 2 aromatic carbocycles. The average Bonchev–Trinajstić information content (AvgIpc) is 2.81. The Bertz CT molecular complexity index is 975. The lowest BCUT2D eigenvalue weighted by atomic mass is 9.99. The summed E-state index contributed by atoms with van der Waals surface area (Å²) in [5.74, 6) is -0.0125. The van der Waals surface area contributed by atoms with Gasteiger partial charge in [-0.2, -0.15) is 0 Å². The van der Waals surface area contributed by atoms with Gasteiger partial charge in [0, 0.05) is 19.8 Å². The highest BCUT2D eigenvalue weighted by Crippen LogP contribution is 2.30. The molecule has 0 aliphatic carbocycles. The van der Waals surface area contributed by atoms with E-state index in [1.165, 1.54) is 9.80 Å². The van der Waals surface area contributed by atoms with Crippen LogP contribution in [0, 0.1) is 0 Å². The van der Waals surface area contributed by atoms with Gasteiger partial charge >= 0.3 is 0 Å². The van der Waals surface area contributed by atoms with Gasteiger partial charge in [-0.15, -0.1) is 0 Å². The molecule has 2 unspecified atom stereocenters. The number of nitrogens with zero attached hydrogens (tertiary/aromatic N) is 2. The summed E-state index contributed by atoms with van der Waals surface area (Å²) in [7, 11) is 4.81. The number of likely N-dealkylation sites (N-methyl/N-ethyl adjacent to an activating group) is 1. The first-order valence-electron chi connectivity index (χ1n) is 10.6. The lowest BCUT2D eigenvalue weighted by Crippen LogP contribution is -2.55. The Kier molecular flexibility index (Phi) is 8.02. The number of benzene rings is 2. The standard InChI is InChI=1S/C24H29N3O6/c1-26(2)22(30)13-27-20(14-28)24(33-15-23(27)31)17-6-8-18(9-7-17)25-21(29)12-16-4-10-19(32-3)11-5-16/h4-11,20,24,28H,12-15H2,1-3H3,(H,25,29). The highest BCUT2D eigenvalue weighted by Gasteiger charge is 2.38. The van der Waals surface area contributed by atoms with Gasteiger partial charge in [-0.3, -0.25) is 14.4 Å². The molecule has 3 amide bonds. The van der Waals surface area contributed by atoms with Gasteiger partial charge in [-0.25, -0.2) is 0 Å². The third-order valence-electron chi connectivity index (χ3n) is 5.49. The second-order valence-electron chi connectivity index (χ2n) is 7.99. The molecule has 0 aromatic heterocycles. The Morgan fingerprint density at radius 1 is 1.15 bits per heavy atom. The van der Waals surface area contributed by atoms with Gasteiger partial charge < -0.3 is 29.7 Å². The number of anilines is 1. The van der Waals surface area contributed by atoms with Crippen molar-refractivity contribution in [2.45, 2.75) is 18.6 Å². The van der Waals surface area contributed by atoms with Crippen LogP contribution in [0.5, 0.6) is 5.75 Å². The van der Waals surface area contributed by atoms with Gasteiger partial charge in [-0.1, -0.05) is 24.3 Å². The van der Waals surface area contributed by atoms with E-state index in [-0.39, 0.29) is 43.9 Å². The monoisotopic (exact) mass is 455 g/mol. The number of ether oxygens (including phenoxy) is 2. The van der Waals surface area contributed by atoms with Gasteiger partial charge in [0.15, 0.2) is 0 Å². The summed E-state index contributed by atoms with van der Waals surface area (Å²) < 4.78 is 10.8. The molecular weight excluding hydrogens is 426 g/mol. The number of morpholine rings is 1. The van der Waals surface area contributed by atoms with Crippen LogP contribution in [0.1, 0.15) is 17.2 Å². The number of amides is 3. The van der Waals surface area contributed by atoms with Crippen molar-refractivity contribution >= 4 is 23.4 Å². The van der Waals surface area contributed by atoms with Crippen molar-refractivity contribution in [1.29, 1.82) is 0 Å². The lowest BCUT2D eigenvalue weighted by Gasteiger charge is -2.40. The minimum absolute atomic E-state index is 0.129. The van der Waals surface area contributed by atoms with E-state index < -0.39 is 12.1 Å². The molecule has 1 heterocycles. The molecule has 0 saturated carbocycles. The van der Waals surface area contributed by atoms with Crippen LogP contribution in [0.3, 0.4) is 0 Å². The Balaban J connectivity index is 1.65. The number of carbonyl (C=O) groups is 3. The molecule has 3 rings (SSSR count). The Morgan fingerprint density at radius 2 is 1.82 bits per heavy atom. The van der Waals surface area contributed by atoms with Crippen molar-refractivity contribution in [2.75, 3.05) is 46.3 Å². The zero-order valence-corrected chi connectivity index (χ0v) is 19.0. The summed E-state index contributed by atoms with van der Waals surface area (Å²) in [6.07, 6.45) is -0.368. The van der Waals surface area contributed by atoms with Crippen LogP contribution in [0.15, 0.2) is 48.5 Å².